The van der Waals surface area contributed by atoms with Gasteiger partial charge in [-0.2, -0.15) is 0 Å². The lowest BCUT2D eigenvalue weighted by molar-refractivity contribution is 0.567. The summed E-state index contributed by atoms with van der Waals surface area (Å²) < 4.78 is 0. The molecule has 2 aliphatic rings. The molecule has 0 aliphatic heterocycles. The van der Waals surface area contributed by atoms with Gasteiger partial charge in [0.15, 0.2) is 0 Å². The first-order chi connectivity index (χ1) is 20.5. The number of fused-ring (bicyclic) bond motifs is 4. The Balaban J connectivity index is 1.35. The number of aliphatic imine (C=N–C) groups is 1. The molecule has 2 aliphatic carbocycles. The predicted molar refractivity (Wildman–Crippen MR) is 180 cm³/mol. The van der Waals surface area contributed by atoms with Gasteiger partial charge in [-0.25, -0.2) is 0 Å². The van der Waals surface area contributed by atoms with Gasteiger partial charge in [0, 0.05) is 22.9 Å². The number of nitrogens with zero attached hydrogens (tertiary/aromatic N) is 1. The largest absolute Gasteiger partial charge is 0.355 e. The minimum atomic E-state index is -0.0936. The molecule has 0 amide bonds. The second kappa shape index (κ2) is 10.6. The maximum Gasteiger partial charge on any atom is 0.0639 e. The summed E-state index contributed by atoms with van der Waals surface area (Å²) in [4.78, 5) is 4.67. The maximum absolute atomic E-state index is 4.67. The summed E-state index contributed by atoms with van der Waals surface area (Å²) in [5, 5.41) is 6.57. The van der Waals surface area contributed by atoms with Gasteiger partial charge in [0.05, 0.1) is 12.2 Å². The molecule has 1 unspecified atom stereocenters. The maximum atomic E-state index is 4.67. The van der Waals surface area contributed by atoms with Gasteiger partial charge >= 0.3 is 0 Å². The van der Waals surface area contributed by atoms with Crippen molar-refractivity contribution in [3.8, 4) is 11.1 Å². The highest BCUT2D eigenvalue weighted by Crippen LogP contribution is 2.58. The molecule has 0 saturated heterocycles. The molecule has 0 spiro atoms. The van der Waals surface area contributed by atoms with Gasteiger partial charge in [-0.05, 0) is 68.6 Å². The van der Waals surface area contributed by atoms with Crippen LogP contribution >= 0.6 is 0 Å². The van der Waals surface area contributed by atoms with E-state index in [1.165, 1.54) is 49.9 Å². The first kappa shape index (κ1) is 26.2. The Morgan fingerprint density at radius 3 is 2.14 bits per heavy atom. The van der Waals surface area contributed by atoms with E-state index in [4.69, 9.17) is 0 Å². The lowest BCUT2D eigenvalue weighted by Gasteiger charge is -2.31. The molecule has 1 N–H and O–H groups in total. The van der Waals surface area contributed by atoms with Gasteiger partial charge in [-0.1, -0.05) is 136 Å². The molecule has 5 aromatic carbocycles. The summed E-state index contributed by atoms with van der Waals surface area (Å²) in [7, 11) is 0. The molecule has 0 radical (unpaired) electrons. The van der Waals surface area contributed by atoms with E-state index in [1.807, 2.05) is 12.3 Å². The Kier molecular flexibility index (Phi) is 6.63. The number of hydrogen-bond donors (Lipinski definition) is 1. The zero-order chi connectivity index (χ0) is 28.7. The summed E-state index contributed by atoms with van der Waals surface area (Å²) >= 11 is 0. The number of nitrogens with one attached hydrogen (secondary N) is 1. The first-order valence-electron chi connectivity index (χ1n) is 15.0. The molecule has 42 heavy (non-hydrogen) atoms. The minimum absolute atomic E-state index is 0.0936. The smallest absolute Gasteiger partial charge is 0.0639 e. The average molecular weight is 545 g/mol. The zero-order valence-electron chi connectivity index (χ0n) is 24.6. The van der Waals surface area contributed by atoms with E-state index in [0.717, 1.165) is 17.7 Å². The number of allylic oxidation sites excluding steroid dienone is 4. The molecule has 206 valence electrons. The van der Waals surface area contributed by atoms with Crippen molar-refractivity contribution in [3.63, 3.8) is 0 Å². The molecular formula is C40H36N2. The fourth-order valence-corrected chi connectivity index (χ4v) is 6.85. The third-order valence-electron chi connectivity index (χ3n) is 8.91. The first-order valence-corrected chi connectivity index (χ1v) is 15.0. The van der Waals surface area contributed by atoms with E-state index in [2.05, 4.69) is 146 Å². The van der Waals surface area contributed by atoms with Crippen molar-refractivity contribution in [1.82, 2.24) is 0 Å². The van der Waals surface area contributed by atoms with Crippen molar-refractivity contribution in [2.75, 3.05) is 5.32 Å². The van der Waals surface area contributed by atoms with Crippen LogP contribution in [0.25, 0.3) is 27.5 Å². The van der Waals surface area contributed by atoms with Crippen LogP contribution in [0.4, 0.5) is 11.4 Å². The molecule has 2 heteroatoms. The number of rotatable bonds is 6. The van der Waals surface area contributed by atoms with E-state index in [1.54, 1.807) is 5.57 Å². The highest BCUT2D eigenvalue weighted by Gasteiger charge is 2.42. The highest BCUT2D eigenvalue weighted by atomic mass is 14.9. The summed E-state index contributed by atoms with van der Waals surface area (Å²) in [6.45, 7) is 7.85. The van der Waals surface area contributed by atoms with E-state index >= 15 is 0 Å². The highest BCUT2D eigenvalue weighted by molar-refractivity contribution is 6.13. The van der Waals surface area contributed by atoms with Gasteiger partial charge in [-0.3, -0.25) is 4.99 Å². The van der Waals surface area contributed by atoms with Gasteiger partial charge in [0.25, 0.3) is 0 Å². The fourth-order valence-electron chi connectivity index (χ4n) is 6.85. The monoisotopic (exact) mass is 544 g/mol. The van der Waals surface area contributed by atoms with Crippen LogP contribution in [0, 0.1) is 5.92 Å². The quantitative estimate of drug-likeness (QED) is 0.211. The normalized spacial score (nSPS) is 17.1. The number of benzene rings is 5. The predicted octanol–water partition coefficient (Wildman–Crippen LogP) is 10.5. The van der Waals surface area contributed by atoms with Crippen molar-refractivity contribution in [1.29, 1.82) is 0 Å². The Labute approximate surface area is 249 Å². The molecule has 1 atom stereocenters. The molecule has 5 aromatic rings. The summed E-state index contributed by atoms with van der Waals surface area (Å²) in [5.41, 5.74) is 12.8. The van der Waals surface area contributed by atoms with Crippen LogP contribution < -0.4 is 5.32 Å². The van der Waals surface area contributed by atoms with Gasteiger partial charge in [0.2, 0.25) is 0 Å². The minimum Gasteiger partial charge on any atom is -0.355 e. The lowest BCUT2D eigenvalue weighted by Crippen LogP contribution is -2.21. The summed E-state index contributed by atoms with van der Waals surface area (Å²) in [6, 6.07) is 38.9. The van der Waals surface area contributed by atoms with E-state index in [-0.39, 0.29) is 5.41 Å². The van der Waals surface area contributed by atoms with Crippen LogP contribution in [0.15, 0.2) is 132 Å². The van der Waals surface area contributed by atoms with Crippen molar-refractivity contribution < 1.29 is 0 Å². The topological polar surface area (TPSA) is 24.4 Å². The molecular weight excluding hydrogens is 508 g/mol. The van der Waals surface area contributed by atoms with Crippen LogP contribution in [0.5, 0.6) is 0 Å². The Morgan fingerprint density at radius 1 is 0.786 bits per heavy atom. The summed E-state index contributed by atoms with van der Waals surface area (Å²) in [6.07, 6.45) is 7.83. The van der Waals surface area contributed by atoms with E-state index in [9.17, 15) is 0 Å². The summed E-state index contributed by atoms with van der Waals surface area (Å²) in [5.74, 6) is 0.546. The Morgan fingerprint density at radius 2 is 1.43 bits per heavy atom. The molecule has 0 heterocycles. The lowest BCUT2D eigenvalue weighted by atomic mass is 9.75. The van der Waals surface area contributed by atoms with Crippen molar-refractivity contribution in [2.24, 2.45) is 10.9 Å². The number of hydrogen-bond acceptors (Lipinski definition) is 2. The van der Waals surface area contributed by atoms with Gasteiger partial charge < -0.3 is 5.32 Å². The molecule has 7 rings (SSSR count). The van der Waals surface area contributed by atoms with Crippen LogP contribution in [-0.4, -0.2) is 6.21 Å². The van der Waals surface area contributed by atoms with Crippen LogP contribution in [0.1, 0.15) is 49.4 Å². The SMILES string of the molecule is CC1C=CC2=C(C1)C(C)(C)c1c(Nc3ccc(/C=N/Cc4ccccc4)cc3)c(-c3ccccc3)c3ccccc3c12. The Bertz CT molecular complexity index is 1860. The number of anilines is 2. The standard InChI is InChI=1S/C40H36N2/c1-27-18-23-34-35(24-27)40(2,3)38-37(34)33-17-11-10-16-32(33)36(30-14-8-5-9-15-30)39(38)42-31-21-19-29(20-22-31)26-41-25-28-12-6-4-7-13-28/h4-23,26-27,42H,24-25H2,1-3H3/b41-26+. The third-order valence-corrected chi connectivity index (χ3v) is 8.91. The van der Waals surface area contributed by atoms with E-state index in [0.29, 0.717) is 12.5 Å². The van der Waals surface area contributed by atoms with E-state index < -0.39 is 0 Å². The van der Waals surface area contributed by atoms with Crippen molar-refractivity contribution >= 4 is 33.9 Å². The van der Waals surface area contributed by atoms with Crippen molar-refractivity contribution in [3.05, 3.63) is 149 Å². The zero-order valence-corrected chi connectivity index (χ0v) is 24.6. The second-order valence-corrected chi connectivity index (χ2v) is 12.2. The fraction of sp³-hybridized carbons (Fsp3) is 0.175. The molecule has 0 bridgehead atoms. The Hall–Kier alpha value is -4.69. The second-order valence-electron chi connectivity index (χ2n) is 12.2. The molecule has 0 aromatic heterocycles. The van der Waals surface area contributed by atoms with Gasteiger partial charge in [-0.15, -0.1) is 0 Å². The molecule has 2 nitrogen and oxygen atoms in total. The molecule has 0 fully saturated rings. The van der Waals surface area contributed by atoms with Crippen LogP contribution in [-0.2, 0) is 12.0 Å². The molecule has 0 saturated carbocycles. The van der Waals surface area contributed by atoms with Crippen molar-refractivity contribution in [2.45, 2.75) is 39.2 Å². The van der Waals surface area contributed by atoms with Crippen LogP contribution in [0.2, 0.25) is 0 Å². The van der Waals surface area contributed by atoms with Crippen LogP contribution in [0.3, 0.4) is 0 Å². The third kappa shape index (κ3) is 4.58. The average Bonchev–Trinajstić information content (AvgIpc) is 3.25. The van der Waals surface area contributed by atoms with Gasteiger partial charge in [0.1, 0.15) is 0 Å².